The molecule has 0 amide bonds. The van der Waals surface area contributed by atoms with E-state index in [-0.39, 0.29) is 39.2 Å². The fraction of sp³-hybridized carbons (Fsp3) is 0.822. The minimum atomic E-state index is -2.05. The monoisotopic (exact) mass is 769 g/mol. The van der Waals surface area contributed by atoms with Crippen LogP contribution in [0.5, 0.6) is 0 Å². The Kier molecular flexibility index (Phi) is 13.0. The van der Waals surface area contributed by atoms with Crippen LogP contribution in [-0.4, -0.2) is 55.5 Å². The Labute approximate surface area is 325 Å². The Morgan fingerprint density at radius 3 is 1.98 bits per heavy atom. The number of hydrogen-bond acceptors (Lipinski definition) is 4. The van der Waals surface area contributed by atoms with E-state index >= 15 is 0 Å². The quantitative estimate of drug-likeness (QED) is 0.113. The Hall–Kier alpha value is -0.729. The third kappa shape index (κ3) is 8.49. The molecule has 4 rings (SSSR count). The molecule has 4 nitrogen and oxygen atoms in total. The number of ether oxygens (including phenoxy) is 1. The summed E-state index contributed by atoms with van der Waals surface area (Å²) in [5.74, 6) is 7.80. The van der Waals surface area contributed by atoms with Crippen molar-refractivity contribution in [3.8, 4) is 11.8 Å². The average Bonchev–Trinajstić information content (AvgIpc) is 3.38. The van der Waals surface area contributed by atoms with Crippen molar-refractivity contribution in [3.63, 3.8) is 0 Å². The van der Waals surface area contributed by atoms with E-state index in [0.717, 1.165) is 37.4 Å². The zero-order chi connectivity index (χ0) is 39.3. The van der Waals surface area contributed by atoms with E-state index in [1.807, 2.05) is 0 Å². The van der Waals surface area contributed by atoms with Crippen LogP contribution in [0.25, 0.3) is 0 Å². The second-order valence-corrected chi connectivity index (χ2v) is 35.2. The van der Waals surface area contributed by atoms with Gasteiger partial charge >= 0.3 is 0 Å². The van der Waals surface area contributed by atoms with Crippen molar-refractivity contribution in [2.45, 2.75) is 207 Å². The molecule has 0 aromatic heterocycles. The Morgan fingerprint density at radius 2 is 1.42 bits per heavy atom. The summed E-state index contributed by atoms with van der Waals surface area (Å²) >= 11 is 0. The number of allylic oxidation sites excluding steroid dienone is 4. The number of hydrogen-bond donors (Lipinski definition) is 0. The molecule has 0 spiro atoms. The molecule has 0 aromatic rings. The molecular formula is C45H80O4Si3. The van der Waals surface area contributed by atoms with Crippen molar-refractivity contribution in [1.29, 1.82) is 0 Å². The first-order valence-corrected chi connectivity index (χ1v) is 29.4. The van der Waals surface area contributed by atoms with E-state index in [4.69, 9.17) is 18.0 Å². The highest BCUT2D eigenvalue weighted by atomic mass is 28.4. The third-order valence-electron chi connectivity index (χ3n) is 15.4. The van der Waals surface area contributed by atoms with Gasteiger partial charge in [-0.3, -0.25) is 0 Å². The lowest BCUT2D eigenvalue weighted by molar-refractivity contribution is -0.0398. The maximum atomic E-state index is 7.57. The van der Waals surface area contributed by atoms with Crippen molar-refractivity contribution < 1.29 is 18.0 Å². The largest absolute Gasteiger partial charge is 0.414 e. The first kappa shape index (κ1) is 44.0. The van der Waals surface area contributed by atoms with Crippen LogP contribution < -0.4 is 0 Å². The third-order valence-corrected chi connectivity index (χ3v) is 29.2. The van der Waals surface area contributed by atoms with Gasteiger partial charge in [0, 0.05) is 5.41 Å². The minimum absolute atomic E-state index is 0.0165. The molecule has 0 radical (unpaired) electrons. The summed E-state index contributed by atoms with van der Waals surface area (Å²) in [6.07, 6.45) is 13.5. The molecule has 0 aliphatic heterocycles. The predicted octanol–water partition coefficient (Wildman–Crippen LogP) is 13.0. The smallest absolute Gasteiger partial charge is 0.194 e. The fourth-order valence-corrected chi connectivity index (χ4v) is 15.5. The first-order valence-electron chi connectivity index (χ1n) is 21.0. The van der Waals surface area contributed by atoms with Crippen molar-refractivity contribution in [3.05, 3.63) is 34.9 Å². The van der Waals surface area contributed by atoms with Gasteiger partial charge in [-0.1, -0.05) is 117 Å². The van der Waals surface area contributed by atoms with Gasteiger partial charge in [-0.05, 0) is 130 Å². The maximum absolute atomic E-state index is 7.57. The summed E-state index contributed by atoms with van der Waals surface area (Å²) in [6.45, 7) is 42.8. The molecule has 7 heteroatoms. The van der Waals surface area contributed by atoms with Gasteiger partial charge in [0.05, 0.1) is 18.3 Å². The molecule has 0 bridgehead atoms. The van der Waals surface area contributed by atoms with Crippen LogP contribution in [0.1, 0.15) is 129 Å². The lowest BCUT2D eigenvalue weighted by atomic mass is 9.49. The summed E-state index contributed by atoms with van der Waals surface area (Å²) in [5.41, 5.74) is 4.34. The van der Waals surface area contributed by atoms with Crippen LogP contribution in [-0.2, 0) is 18.0 Å². The van der Waals surface area contributed by atoms with Crippen molar-refractivity contribution >= 4 is 25.0 Å². The molecule has 7 atom stereocenters. The van der Waals surface area contributed by atoms with Gasteiger partial charge in [0.15, 0.2) is 25.0 Å². The molecule has 4 aliphatic carbocycles. The molecule has 0 N–H and O–H groups in total. The predicted molar refractivity (Wildman–Crippen MR) is 230 cm³/mol. The van der Waals surface area contributed by atoms with E-state index in [2.05, 4.69) is 153 Å². The molecule has 0 saturated heterocycles. The van der Waals surface area contributed by atoms with E-state index in [1.165, 1.54) is 18.4 Å². The second-order valence-electron chi connectivity index (χ2n) is 21.0. The fourth-order valence-electron chi connectivity index (χ4n) is 9.68. The standard InChI is InChI=1S/C45H80O4Si3/c1-19-52(20-2,21-3)49-43(11,12)28-22-30-46-33(4)37-25-26-38-36-24-23-34-31-35(47-50(15,16)41(5,6)7)32-40(48-51(17,18)42(8,9)10)45(34,14)39(36)27-29-44(37,38)13/h23-25,33,35,38-40H,19-21,26-27,29-32H2,1-18H3/t33?,35-,38+,39+,40+,44-,45+/m1/s1. The molecule has 296 valence electrons. The van der Waals surface area contributed by atoms with Crippen LogP contribution in [0, 0.1) is 34.5 Å². The van der Waals surface area contributed by atoms with Crippen molar-refractivity contribution in [1.82, 2.24) is 0 Å². The van der Waals surface area contributed by atoms with Crippen LogP contribution in [0.2, 0.25) is 54.4 Å². The van der Waals surface area contributed by atoms with Gasteiger partial charge in [0.1, 0.15) is 12.2 Å². The Balaban J connectivity index is 1.57. The van der Waals surface area contributed by atoms with E-state index in [9.17, 15) is 0 Å². The molecule has 0 heterocycles. The van der Waals surface area contributed by atoms with Gasteiger partial charge in [-0.15, -0.1) is 0 Å². The molecule has 4 aliphatic rings. The summed E-state index contributed by atoms with van der Waals surface area (Å²) in [5, 5.41) is 0.336. The molecule has 0 aromatic carbocycles. The number of fused-ring (bicyclic) bond motifs is 5. The molecular weight excluding hydrogens is 689 g/mol. The normalized spacial score (nSPS) is 30.6. The summed E-state index contributed by atoms with van der Waals surface area (Å²) in [6, 6.07) is 3.41. The molecule has 1 unspecified atom stereocenters. The van der Waals surface area contributed by atoms with Crippen molar-refractivity contribution in [2.75, 3.05) is 6.61 Å². The van der Waals surface area contributed by atoms with Gasteiger partial charge in [-0.25, -0.2) is 0 Å². The van der Waals surface area contributed by atoms with Crippen LogP contribution >= 0.6 is 0 Å². The van der Waals surface area contributed by atoms with E-state index in [1.54, 1.807) is 11.1 Å². The zero-order valence-corrected chi connectivity index (χ0v) is 40.1. The lowest BCUT2D eigenvalue weighted by Gasteiger charge is -2.59. The Morgan fingerprint density at radius 1 is 0.846 bits per heavy atom. The first-order chi connectivity index (χ1) is 23.7. The highest BCUT2D eigenvalue weighted by Gasteiger charge is 2.59. The number of rotatable bonds is 12. The van der Waals surface area contributed by atoms with Gasteiger partial charge in [0.25, 0.3) is 0 Å². The maximum Gasteiger partial charge on any atom is 0.194 e. The van der Waals surface area contributed by atoms with E-state index < -0.39 is 30.6 Å². The molecule has 52 heavy (non-hydrogen) atoms. The second kappa shape index (κ2) is 15.3. The SMILES string of the molecule is CC[Si](CC)(CC)OC(C)(C)C#CCOC(C)C1=CC[C@H]2C3=CC=C4C[C@@H](O[Si](C)(C)C(C)(C)C)C[C@H](O[Si](C)(C)C(C)(C)C)[C@]4(C)[C@H]3CC[C@]12C. The van der Waals surface area contributed by atoms with Crippen LogP contribution in [0.3, 0.4) is 0 Å². The summed E-state index contributed by atoms with van der Waals surface area (Å²) < 4.78 is 28.0. The van der Waals surface area contributed by atoms with E-state index in [0.29, 0.717) is 18.4 Å². The molecule has 2 fully saturated rings. The highest BCUT2D eigenvalue weighted by molar-refractivity contribution is 6.74. The molecule has 2 saturated carbocycles. The van der Waals surface area contributed by atoms with Crippen LogP contribution in [0.4, 0.5) is 0 Å². The highest BCUT2D eigenvalue weighted by Crippen LogP contribution is 2.65. The topological polar surface area (TPSA) is 36.9 Å². The summed E-state index contributed by atoms with van der Waals surface area (Å²) in [7, 11) is -5.71. The lowest BCUT2D eigenvalue weighted by Crippen LogP contribution is -2.58. The average molecular weight is 769 g/mol. The minimum Gasteiger partial charge on any atom is -0.414 e. The van der Waals surface area contributed by atoms with Gasteiger partial charge in [0.2, 0.25) is 0 Å². The van der Waals surface area contributed by atoms with Gasteiger partial charge < -0.3 is 18.0 Å². The van der Waals surface area contributed by atoms with Crippen LogP contribution in [0.15, 0.2) is 34.9 Å². The van der Waals surface area contributed by atoms with Gasteiger partial charge in [-0.2, -0.15) is 0 Å². The summed E-state index contributed by atoms with van der Waals surface area (Å²) in [4.78, 5) is 0. The zero-order valence-electron chi connectivity index (χ0n) is 37.1. The Bertz CT molecular complexity index is 1430. The van der Waals surface area contributed by atoms with Crippen molar-refractivity contribution in [2.24, 2.45) is 22.7 Å².